The molecule has 5 nitrogen and oxygen atoms in total. The summed E-state index contributed by atoms with van der Waals surface area (Å²) >= 11 is 0. The van der Waals surface area contributed by atoms with Crippen molar-refractivity contribution in [1.82, 2.24) is 0 Å². The number of carbonyl (C=O) groups is 2. The molecule has 1 aliphatic carbocycles. The van der Waals surface area contributed by atoms with Gasteiger partial charge in [-0.05, 0) is 0 Å². The van der Waals surface area contributed by atoms with E-state index in [1.807, 2.05) is 0 Å². The van der Waals surface area contributed by atoms with E-state index in [9.17, 15) is 18.0 Å². The summed E-state index contributed by atoms with van der Waals surface area (Å²) in [6.07, 6.45) is -0.491. The van der Waals surface area contributed by atoms with Gasteiger partial charge in [0.05, 0.1) is 0 Å². The minimum atomic E-state index is -4.52. The lowest BCUT2D eigenvalue weighted by atomic mass is 9.89. The van der Waals surface area contributed by atoms with Gasteiger partial charge < -0.3 is 0 Å². The van der Waals surface area contributed by atoms with Gasteiger partial charge in [0.15, 0.2) is 16.8 Å². The monoisotopic (exact) mass is 240 g/mol. The summed E-state index contributed by atoms with van der Waals surface area (Å²) < 4.78 is 30.7. The summed E-state index contributed by atoms with van der Waals surface area (Å²) in [6, 6.07) is 5.98. The zero-order chi connectivity index (χ0) is 11.9. The molecule has 1 aromatic rings. The van der Waals surface area contributed by atoms with Gasteiger partial charge >= 0.3 is 0 Å². The zero-order valence-electron chi connectivity index (χ0n) is 8.08. The average molecular weight is 240 g/mol. The van der Waals surface area contributed by atoms with Crippen LogP contribution in [0.5, 0.6) is 0 Å². The summed E-state index contributed by atoms with van der Waals surface area (Å²) in [5.41, 5.74) is 0.272. The molecule has 1 aliphatic rings. The molecule has 0 saturated carbocycles. The van der Waals surface area contributed by atoms with E-state index in [0.29, 0.717) is 0 Å². The molecule has 2 rings (SSSR count). The van der Waals surface area contributed by atoms with Crippen LogP contribution in [-0.4, -0.2) is 29.8 Å². The van der Waals surface area contributed by atoms with E-state index in [1.165, 1.54) is 18.2 Å². The van der Waals surface area contributed by atoms with Gasteiger partial charge in [0, 0.05) is 17.5 Å². The van der Waals surface area contributed by atoms with Gasteiger partial charge in [0.25, 0.3) is 10.1 Å². The molecule has 0 fully saturated rings. The molecule has 0 radical (unpaired) electrons. The van der Waals surface area contributed by atoms with E-state index in [1.54, 1.807) is 6.07 Å². The van der Waals surface area contributed by atoms with Crippen LogP contribution in [0, 0.1) is 0 Å². The van der Waals surface area contributed by atoms with Gasteiger partial charge in [-0.1, -0.05) is 24.3 Å². The molecule has 0 amide bonds. The van der Waals surface area contributed by atoms with Gasteiger partial charge in [-0.15, -0.1) is 0 Å². The summed E-state index contributed by atoms with van der Waals surface area (Å²) in [4.78, 5) is 23.3. The molecular formula is C10H8O5S. The standard InChI is InChI=1S/C10H8O5S/c11-8-5-9(16(13,14)15)10(12)7-4-2-1-3-6(7)8/h1-4,9H,5H2,(H,13,14,15). The molecule has 0 bridgehead atoms. The third kappa shape index (κ3) is 1.66. The highest BCUT2D eigenvalue weighted by atomic mass is 32.2. The summed E-state index contributed by atoms with van der Waals surface area (Å²) in [5, 5.41) is -1.66. The Morgan fingerprint density at radius 1 is 1.12 bits per heavy atom. The highest BCUT2D eigenvalue weighted by molar-refractivity contribution is 7.87. The molecule has 0 saturated heterocycles. The highest BCUT2D eigenvalue weighted by Gasteiger charge is 2.39. The number of benzene rings is 1. The predicted octanol–water partition coefficient (Wildman–Crippen LogP) is 0.712. The molecule has 1 unspecified atom stereocenters. The largest absolute Gasteiger partial charge is 0.294 e. The van der Waals surface area contributed by atoms with Crippen molar-refractivity contribution >= 4 is 21.7 Å². The van der Waals surface area contributed by atoms with Crippen molar-refractivity contribution in [3.05, 3.63) is 35.4 Å². The second-order valence-corrected chi connectivity index (χ2v) is 5.14. The average Bonchev–Trinajstić information content (AvgIpc) is 2.22. The number of hydrogen-bond donors (Lipinski definition) is 1. The van der Waals surface area contributed by atoms with E-state index >= 15 is 0 Å². The molecular weight excluding hydrogens is 232 g/mol. The Morgan fingerprint density at radius 2 is 1.69 bits per heavy atom. The summed E-state index contributed by atoms with van der Waals surface area (Å²) in [5.74, 6) is -1.17. The van der Waals surface area contributed by atoms with E-state index in [0.717, 1.165) is 0 Å². The van der Waals surface area contributed by atoms with Crippen LogP contribution in [0.3, 0.4) is 0 Å². The maximum atomic E-state index is 11.7. The van der Waals surface area contributed by atoms with Gasteiger partial charge in [-0.2, -0.15) is 8.42 Å². The summed E-state index contributed by atoms with van der Waals surface area (Å²) in [7, 11) is -4.52. The smallest absolute Gasteiger partial charge is 0.275 e. The fourth-order valence-corrected chi connectivity index (χ4v) is 2.49. The van der Waals surface area contributed by atoms with Crippen LogP contribution < -0.4 is 0 Å². The molecule has 0 spiro atoms. The minimum Gasteiger partial charge on any atom is -0.294 e. The normalized spacial score (nSPS) is 20.7. The number of rotatable bonds is 1. The number of carbonyl (C=O) groups excluding carboxylic acids is 2. The molecule has 0 heterocycles. The fraction of sp³-hybridized carbons (Fsp3) is 0.200. The first kappa shape index (κ1) is 11.0. The second-order valence-electron chi connectivity index (χ2n) is 3.54. The molecule has 16 heavy (non-hydrogen) atoms. The number of ketones is 2. The van der Waals surface area contributed by atoms with Crippen LogP contribution in [-0.2, 0) is 10.1 Å². The fourth-order valence-electron chi connectivity index (χ4n) is 1.73. The lowest BCUT2D eigenvalue weighted by Crippen LogP contribution is -2.37. The Labute approximate surface area is 91.8 Å². The van der Waals surface area contributed by atoms with Crippen LogP contribution >= 0.6 is 0 Å². The van der Waals surface area contributed by atoms with Crippen molar-refractivity contribution in [2.75, 3.05) is 0 Å². The van der Waals surface area contributed by atoms with E-state index in [2.05, 4.69) is 0 Å². The van der Waals surface area contributed by atoms with Gasteiger partial charge in [-0.25, -0.2) is 0 Å². The maximum Gasteiger partial charge on any atom is 0.275 e. The van der Waals surface area contributed by atoms with Gasteiger partial charge in [0.1, 0.15) is 0 Å². The van der Waals surface area contributed by atoms with Crippen LogP contribution in [0.2, 0.25) is 0 Å². The predicted molar refractivity (Wildman–Crippen MR) is 55.1 cm³/mol. The van der Waals surface area contributed by atoms with Crippen LogP contribution in [0.25, 0.3) is 0 Å². The van der Waals surface area contributed by atoms with E-state index < -0.39 is 33.4 Å². The quantitative estimate of drug-likeness (QED) is 0.730. The Kier molecular flexibility index (Phi) is 2.40. The third-order valence-corrected chi connectivity index (χ3v) is 3.62. The first-order chi connectivity index (χ1) is 7.41. The first-order valence-electron chi connectivity index (χ1n) is 4.54. The molecule has 0 aromatic heterocycles. The Morgan fingerprint density at radius 3 is 2.25 bits per heavy atom. The summed E-state index contributed by atoms with van der Waals surface area (Å²) in [6.45, 7) is 0. The van der Waals surface area contributed by atoms with Gasteiger partial charge in [0.2, 0.25) is 0 Å². The lowest BCUT2D eigenvalue weighted by molar-refractivity contribution is 0.0891. The highest BCUT2D eigenvalue weighted by Crippen LogP contribution is 2.24. The van der Waals surface area contributed by atoms with Gasteiger partial charge in [-0.3, -0.25) is 14.1 Å². The SMILES string of the molecule is O=C1CC(S(=O)(=O)O)C(=O)c2ccccc21. The molecule has 1 aromatic carbocycles. The zero-order valence-corrected chi connectivity index (χ0v) is 8.90. The topological polar surface area (TPSA) is 88.5 Å². The first-order valence-corrected chi connectivity index (χ1v) is 6.04. The molecule has 1 N–H and O–H groups in total. The number of fused-ring (bicyclic) bond motifs is 1. The molecule has 0 aliphatic heterocycles. The van der Waals surface area contributed by atoms with Crippen molar-refractivity contribution < 1.29 is 22.6 Å². The molecule has 6 heteroatoms. The third-order valence-electron chi connectivity index (χ3n) is 2.52. The van der Waals surface area contributed by atoms with Crippen molar-refractivity contribution in [2.45, 2.75) is 11.7 Å². The Bertz CT molecular complexity index is 573. The lowest BCUT2D eigenvalue weighted by Gasteiger charge is -2.19. The molecule has 1 atom stereocenters. The van der Waals surface area contributed by atoms with E-state index in [4.69, 9.17) is 4.55 Å². The number of Topliss-reactive ketones (excluding diaryl/α,β-unsaturated/α-hetero) is 2. The van der Waals surface area contributed by atoms with Crippen LogP contribution in [0.4, 0.5) is 0 Å². The maximum absolute atomic E-state index is 11.7. The second kappa shape index (κ2) is 3.50. The van der Waals surface area contributed by atoms with Crippen molar-refractivity contribution in [3.8, 4) is 0 Å². The number of hydrogen-bond acceptors (Lipinski definition) is 4. The molecule has 84 valence electrons. The van der Waals surface area contributed by atoms with Crippen LogP contribution in [0.15, 0.2) is 24.3 Å². The van der Waals surface area contributed by atoms with Crippen molar-refractivity contribution in [2.24, 2.45) is 0 Å². The van der Waals surface area contributed by atoms with Crippen molar-refractivity contribution in [1.29, 1.82) is 0 Å². The van der Waals surface area contributed by atoms with Crippen molar-refractivity contribution in [3.63, 3.8) is 0 Å². The minimum absolute atomic E-state index is 0.0568. The van der Waals surface area contributed by atoms with E-state index in [-0.39, 0.29) is 11.1 Å². The Hall–Kier alpha value is -1.53. The van der Waals surface area contributed by atoms with Crippen LogP contribution in [0.1, 0.15) is 27.1 Å². The Balaban J connectivity index is 2.59.